The molecule has 6 N–H and O–H groups in total. The maximum absolute atomic E-state index is 13.2. The number of carbonyl (C=O) groups excluding carboxylic acids is 2. The van der Waals surface area contributed by atoms with E-state index in [1.807, 2.05) is 0 Å². The van der Waals surface area contributed by atoms with Crippen LogP contribution in [0.4, 0.5) is 35.9 Å². The highest BCUT2D eigenvalue weighted by atomic mass is 19.4. The molecule has 0 radical (unpaired) electrons. The average molecular weight is 414 g/mol. The van der Waals surface area contributed by atoms with Crippen LogP contribution >= 0.6 is 0 Å². The first-order chi connectivity index (χ1) is 14.1. The van der Waals surface area contributed by atoms with E-state index in [1.165, 1.54) is 30.3 Å². The molecular formula is C21H17F3N4O2. The standard InChI is InChI=1S/C21H17F3N4O2/c22-21(23,24)17-11-15(26)7-8-18(17)28-20(30)13-4-1-3-12(9-13)19(29)27-16-6-2-5-14(25)10-16/h1-11H,25-26H2,(H,27,29)(H,28,30). The van der Waals surface area contributed by atoms with Crippen molar-refractivity contribution in [2.45, 2.75) is 6.18 Å². The molecule has 0 aliphatic rings. The molecule has 0 aromatic heterocycles. The first-order valence-corrected chi connectivity index (χ1v) is 8.68. The summed E-state index contributed by atoms with van der Waals surface area (Å²) in [5.41, 5.74) is 10.6. The quantitative estimate of drug-likeness (QED) is 0.475. The number of halogens is 3. The number of carbonyl (C=O) groups is 2. The number of benzene rings is 3. The van der Waals surface area contributed by atoms with E-state index in [-0.39, 0.29) is 16.8 Å². The second-order valence-electron chi connectivity index (χ2n) is 6.42. The van der Waals surface area contributed by atoms with Gasteiger partial charge in [0.05, 0.1) is 11.3 Å². The van der Waals surface area contributed by atoms with Gasteiger partial charge in [-0.2, -0.15) is 13.2 Å². The lowest BCUT2D eigenvalue weighted by Crippen LogP contribution is -2.18. The molecule has 0 heterocycles. The fourth-order valence-electron chi connectivity index (χ4n) is 2.72. The van der Waals surface area contributed by atoms with Crippen molar-refractivity contribution < 1.29 is 22.8 Å². The molecule has 154 valence electrons. The van der Waals surface area contributed by atoms with E-state index >= 15 is 0 Å². The van der Waals surface area contributed by atoms with Gasteiger partial charge in [-0.3, -0.25) is 9.59 Å². The van der Waals surface area contributed by atoms with Crippen molar-refractivity contribution in [2.75, 3.05) is 22.1 Å². The van der Waals surface area contributed by atoms with Gasteiger partial charge in [0, 0.05) is 28.2 Å². The van der Waals surface area contributed by atoms with E-state index in [4.69, 9.17) is 11.5 Å². The van der Waals surface area contributed by atoms with Gasteiger partial charge >= 0.3 is 6.18 Å². The van der Waals surface area contributed by atoms with E-state index in [0.29, 0.717) is 11.4 Å². The Labute approximate surface area is 169 Å². The summed E-state index contributed by atoms with van der Waals surface area (Å²) in [7, 11) is 0. The van der Waals surface area contributed by atoms with E-state index in [2.05, 4.69) is 10.6 Å². The van der Waals surface area contributed by atoms with E-state index in [1.54, 1.807) is 24.3 Å². The highest BCUT2D eigenvalue weighted by molar-refractivity contribution is 6.09. The number of nitrogens with two attached hydrogens (primary N) is 2. The Morgan fingerprint density at radius 1 is 0.733 bits per heavy atom. The minimum atomic E-state index is -4.70. The van der Waals surface area contributed by atoms with E-state index in [0.717, 1.165) is 12.1 Å². The molecule has 0 aliphatic carbocycles. The molecule has 3 aromatic rings. The fourth-order valence-corrected chi connectivity index (χ4v) is 2.72. The largest absolute Gasteiger partial charge is 0.418 e. The Morgan fingerprint density at radius 3 is 1.97 bits per heavy atom. The zero-order valence-electron chi connectivity index (χ0n) is 15.5. The third-order valence-electron chi connectivity index (χ3n) is 4.13. The third kappa shape index (κ3) is 4.88. The Hall–Kier alpha value is -4.01. The predicted octanol–water partition coefficient (Wildman–Crippen LogP) is 4.37. The zero-order chi connectivity index (χ0) is 21.9. The van der Waals surface area contributed by atoms with Crippen molar-refractivity contribution in [3.63, 3.8) is 0 Å². The van der Waals surface area contributed by atoms with Gasteiger partial charge in [-0.25, -0.2) is 0 Å². The molecule has 0 fully saturated rings. The van der Waals surface area contributed by atoms with Crippen LogP contribution in [0.15, 0.2) is 66.7 Å². The van der Waals surface area contributed by atoms with Gasteiger partial charge in [-0.15, -0.1) is 0 Å². The maximum Gasteiger partial charge on any atom is 0.418 e. The number of rotatable bonds is 4. The molecule has 3 rings (SSSR count). The summed E-state index contributed by atoms with van der Waals surface area (Å²) in [6.45, 7) is 0. The number of amides is 2. The van der Waals surface area contributed by atoms with E-state index < -0.39 is 29.2 Å². The minimum absolute atomic E-state index is 0.0141. The predicted molar refractivity (Wildman–Crippen MR) is 109 cm³/mol. The van der Waals surface area contributed by atoms with Crippen LogP contribution in [0.1, 0.15) is 26.3 Å². The molecule has 0 aliphatic heterocycles. The number of anilines is 4. The number of nitrogen functional groups attached to an aromatic ring is 2. The fraction of sp³-hybridized carbons (Fsp3) is 0.0476. The highest BCUT2D eigenvalue weighted by Crippen LogP contribution is 2.36. The molecule has 0 unspecified atom stereocenters. The van der Waals surface area contributed by atoms with Crippen LogP contribution in [0, 0.1) is 0 Å². The highest BCUT2D eigenvalue weighted by Gasteiger charge is 2.34. The molecule has 0 spiro atoms. The SMILES string of the molecule is Nc1cccc(NC(=O)c2cccc(C(=O)Nc3ccc(N)cc3C(F)(F)F)c2)c1. The Bertz CT molecular complexity index is 1110. The second kappa shape index (κ2) is 8.16. The van der Waals surface area contributed by atoms with E-state index in [9.17, 15) is 22.8 Å². The van der Waals surface area contributed by atoms with Crippen LogP contribution in [0.2, 0.25) is 0 Å². The third-order valence-corrected chi connectivity index (χ3v) is 4.13. The van der Waals surface area contributed by atoms with Crippen molar-refractivity contribution in [3.05, 3.63) is 83.4 Å². The molecule has 30 heavy (non-hydrogen) atoms. The van der Waals surface area contributed by atoms with Crippen molar-refractivity contribution in [1.29, 1.82) is 0 Å². The molecule has 0 atom stereocenters. The van der Waals surface area contributed by atoms with Crippen LogP contribution in [0.5, 0.6) is 0 Å². The molecule has 3 aromatic carbocycles. The summed E-state index contributed by atoms with van der Waals surface area (Å²) < 4.78 is 39.7. The monoisotopic (exact) mass is 414 g/mol. The second-order valence-corrected chi connectivity index (χ2v) is 6.42. The van der Waals surface area contributed by atoms with Crippen LogP contribution in [0.3, 0.4) is 0 Å². The minimum Gasteiger partial charge on any atom is -0.399 e. The summed E-state index contributed by atoms with van der Waals surface area (Å²) in [6.07, 6.45) is -4.70. The van der Waals surface area contributed by atoms with Gasteiger partial charge in [-0.1, -0.05) is 12.1 Å². The Kier molecular flexibility index (Phi) is 5.63. The van der Waals surface area contributed by atoms with Crippen LogP contribution in [0.25, 0.3) is 0 Å². The van der Waals surface area contributed by atoms with Crippen molar-refractivity contribution in [1.82, 2.24) is 0 Å². The van der Waals surface area contributed by atoms with Crippen molar-refractivity contribution in [2.24, 2.45) is 0 Å². The van der Waals surface area contributed by atoms with Gasteiger partial charge in [-0.05, 0) is 54.6 Å². The average Bonchev–Trinajstić information content (AvgIpc) is 2.68. The molecule has 2 amide bonds. The number of hydrogen-bond acceptors (Lipinski definition) is 4. The zero-order valence-corrected chi connectivity index (χ0v) is 15.5. The first kappa shape index (κ1) is 20.7. The van der Waals surface area contributed by atoms with Gasteiger partial charge < -0.3 is 22.1 Å². The number of nitrogens with one attached hydrogen (secondary N) is 2. The van der Waals surface area contributed by atoms with Gasteiger partial charge in [0.1, 0.15) is 0 Å². The lowest BCUT2D eigenvalue weighted by molar-refractivity contribution is -0.136. The van der Waals surface area contributed by atoms with Gasteiger partial charge in [0.25, 0.3) is 11.8 Å². The molecular weight excluding hydrogens is 397 g/mol. The summed E-state index contributed by atoms with van der Waals surface area (Å²) in [4.78, 5) is 24.9. The van der Waals surface area contributed by atoms with Crippen molar-refractivity contribution in [3.8, 4) is 0 Å². The summed E-state index contributed by atoms with van der Waals surface area (Å²) >= 11 is 0. The normalized spacial score (nSPS) is 11.0. The summed E-state index contributed by atoms with van der Waals surface area (Å²) in [5, 5.41) is 4.86. The molecule has 0 saturated carbocycles. The van der Waals surface area contributed by atoms with Crippen LogP contribution in [-0.2, 0) is 6.18 Å². The molecule has 0 saturated heterocycles. The smallest absolute Gasteiger partial charge is 0.399 e. The summed E-state index contributed by atoms with van der Waals surface area (Å²) in [5.74, 6) is -1.30. The topological polar surface area (TPSA) is 110 Å². The Morgan fingerprint density at radius 2 is 1.33 bits per heavy atom. The molecule has 9 heteroatoms. The molecule has 6 nitrogen and oxygen atoms in total. The van der Waals surface area contributed by atoms with Crippen LogP contribution in [-0.4, -0.2) is 11.8 Å². The van der Waals surface area contributed by atoms with Gasteiger partial charge in [0.15, 0.2) is 0 Å². The molecule has 0 bridgehead atoms. The maximum atomic E-state index is 13.2. The number of hydrogen-bond donors (Lipinski definition) is 4. The van der Waals surface area contributed by atoms with Crippen LogP contribution < -0.4 is 22.1 Å². The lowest BCUT2D eigenvalue weighted by Gasteiger charge is -2.14. The Balaban J connectivity index is 1.81. The van der Waals surface area contributed by atoms with Gasteiger partial charge in [0.2, 0.25) is 0 Å². The number of alkyl halides is 3. The van der Waals surface area contributed by atoms with Crippen molar-refractivity contribution >= 4 is 34.6 Å². The summed E-state index contributed by atoms with van der Waals surface area (Å²) in [6, 6.07) is 15.2. The lowest BCUT2D eigenvalue weighted by atomic mass is 10.1. The first-order valence-electron chi connectivity index (χ1n) is 8.68.